The number of aromatic nitrogens is 2. The van der Waals surface area contributed by atoms with Crippen LogP contribution >= 0.6 is 0 Å². The number of nitrogens with zero attached hydrogens (tertiary/aromatic N) is 2. The van der Waals surface area contributed by atoms with Gasteiger partial charge >= 0.3 is 0 Å². The molecule has 0 aliphatic heterocycles. The van der Waals surface area contributed by atoms with E-state index < -0.39 is 5.91 Å². The van der Waals surface area contributed by atoms with Crippen LogP contribution in [0.3, 0.4) is 0 Å². The van der Waals surface area contributed by atoms with Gasteiger partial charge in [0.1, 0.15) is 0 Å². The van der Waals surface area contributed by atoms with Gasteiger partial charge in [-0.05, 0) is 43.5 Å². The molecule has 6 N–H and O–H groups in total. The number of carbonyl (C=O) groups is 2. The summed E-state index contributed by atoms with van der Waals surface area (Å²) in [4.78, 5) is 23.6. The SMILES string of the molecule is CC(=O)Nc1cccc(-c2cc3c(N[C@@H]4CC[C@](C)(N)C4(C)C)c(C(N)=O)cnn3c2)c1. The summed E-state index contributed by atoms with van der Waals surface area (Å²) in [5.74, 6) is -0.668. The molecule has 168 valence electrons. The van der Waals surface area contributed by atoms with E-state index in [1.165, 1.54) is 13.1 Å². The smallest absolute Gasteiger partial charge is 0.252 e. The lowest BCUT2D eigenvalue weighted by Crippen LogP contribution is -2.51. The molecule has 1 saturated carbocycles. The number of nitrogens with two attached hydrogens (primary N) is 2. The maximum atomic E-state index is 12.2. The fourth-order valence-corrected chi connectivity index (χ4v) is 4.48. The van der Waals surface area contributed by atoms with Crippen LogP contribution in [0, 0.1) is 5.41 Å². The summed E-state index contributed by atoms with van der Waals surface area (Å²) in [6.45, 7) is 7.85. The number of anilines is 2. The van der Waals surface area contributed by atoms with E-state index in [4.69, 9.17) is 11.5 Å². The molecule has 0 spiro atoms. The van der Waals surface area contributed by atoms with E-state index in [9.17, 15) is 9.59 Å². The van der Waals surface area contributed by atoms with Crippen molar-refractivity contribution in [3.8, 4) is 11.1 Å². The van der Waals surface area contributed by atoms with Crippen molar-refractivity contribution < 1.29 is 9.59 Å². The molecule has 8 heteroatoms. The predicted octanol–water partition coefficient (Wildman–Crippen LogP) is 3.38. The molecule has 1 aliphatic carbocycles. The van der Waals surface area contributed by atoms with E-state index in [0.717, 1.165) is 29.5 Å². The van der Waals surface area contributed by atoms with E-state index in [1.54, 1.807) is 4.52 Å². The van der Waals surface area contributed by atoms with Gasteiger partial charge in [-0.15, -0.1) is 0 Å². The molecule has 0 radical (unpaired) electrons. The third-order valence-corrected chi connectivity index (χ3v) is 7.03. The molecule has 2 aromatic heterocycles. The number of amides is 2. The van der Waals surface area contributed by atoms with Crippen LogP contribution in [0.25, 0.3) is 16.6 Å². The summed E-state index contributed by atoms with van der Waals surface area (Å²) in [7, 11) is 0. The highest BCUT2D eigenvalue weighted by Crippen LogP contribution is 2.46. The molecule has 3 aromatic rings. The molecular formula is C24H30N6O2. The Morgan fingerprint density at radius 3 is 2.56 bits per heavy atom. The lowest BCUT2D eigenvalue weighted by molar-refractivity contribution is -0.114. The normalized spacial score (nSPS) is 22.1. The molecule has 4 rings (SSSR count). The van der Waals surface area contributed by atoms with Crippen LogP contribution in [0.15, 0.2) is 42.7 Å². The highest BCUT2D eigenvalue weighted by Gasteiger charge is 2.49. The number of benzene rings is 1. The second-order valence-corrected chi connectivity index (χ2v) is 9.49. The highest BCUT2D eigenvalue weighted by molar-refractivity contribution is 6.02. The third kappa shape index (κ3) is 3.71. The maximum absolute atomic E-state index is 12.2. The van der Waals surface area contributed by atoms with Crippen LogP contribution in [0.1, 0.15) is 50.9 Å². The molecule has 0 saturated heterocycles. The van der Waals surface area contributed by atoms with Gasteiger partial charge in [0.2, 0.25) is 5.91 Å². The zero-order valence-corrected chi connectivity index (χ0v) is 18.9. The molecule has 0 unspecified atom stereocenters. The molecule has 1 aliphatic rings. The van der Waals surface area contributed by atoms with Crippen molar-refractivity contribution in [1.29, 1.82) is 0 Å². The first-order chi connectivity index (χ1) is 15.0. The van der Waals surface area contributed by atoms with Gasteiger partial charge in [0.05, 0.1) is 23.0 Å². The fourth-order valence-electron chi connectivity index (χ4n) is 4.48. The molecular weight excluding hydrogens is 404 g/mol. The molecule has 1 aromatic carbocycles. The number of nitrogens with one attached hydrogen (secondary N) is 2. The second-order valence-electron chi connectivity index (χ2n) is 9.49. The van der Waals surface area contributed by atoms with E-state index >= 15 is 0 Å². The zero-order valence-electron chi connectivity index (χ0n) is 18.9. The number of primary amides is 1. The Morgan fingerprint density at radius 2 is 1.94 bits per heavy atom. The zero-order chi connectivity index (χ0) is 23.3. The quantitative estimate of drug-likeness (QED) is 0.489. The van der Waals surface area contributed by atoms with Gasteiger partial charge in [-0.1, -0.05) is 26.0 Å². The lowest BCUT2D eigenvalue weighted by atomic mass is 9.75. The fraction of sp³-hybridized carbons (Fsp3) is 0.375. The van der Waals surface area contributed by atoms with Crippen molar-refractivity contribution in [1.82, 2.24) is 9.61 Å². The first kappa shape index (κ1) is 21.8. The van der Waals surface area contributed by atoms with Crippen LogP contribution in [-0.2, 0) is 4.79 Å². The van der Waals surface area contributed by atoms with Gasteiger partial charge in [0.25, 0.3) is 5.91 Å². The van der Waals surface area contributed by atoms with Crippen LogP contribution in [-0.4, -0.2) is 33.0 Å². The molecule has 32 heavy (non-hydrogen) atoms. The standard InChI is InChI=1S/C24H30N6O2/c1-14(31)28-17-7-5-6-15(10-17)16-11-19-21(18(22(25)32)12-27-30(19)13-16)29-20-8-9-24(4,26)23(20,2)3/h5-7,10-13,20,29H,8-9,26H2,1-4H3,(H2,25,32)(H,28,31)/t20-,24+/m1/s1. The molecule has 0 bridgehead atoms. The summed E-state index contributed by atoms with van der Waals surface area (Å²) in [6, 6.07) is 9.62. The van der Waals surface area contributed by atoms with Crippen molar-refractivity contribution in [3.05, 3.63) is 48.3 Å². The first-order valence-corrected chi connectivity index (χ1v) is 10.7. The maximum Gasteiger partial charge on any atom is 0.252 e. The highest BCUT2D eigenvalue weighted by atomic mass is 16.1. The number of hydrogen-bond donors (Lipinski definition) is 4. The van der Waals surface area contributed by atoms with Crippen molar-refractivity contribution in [2.24, 2.45) is 16.9 Å². The largest absolute Gasteiger partial charge is 0.379 e. The minimum Gasteiger partial charge on any atom is -0.379 e. The minimum atomic E-state index is -0.538. The summed E-state index contributed by atoms with van der Waals surface area (Å²) in [5.41, 5.74) is 16.0. The van der Waals surface area contributed by atoms with Gasteiger partial charge in [-0.25, -0.2) is 4.52 Å². The Bertz CT molecular complexity index is 1210. The van der Waals surface area contributed by atoms with Gasteiger partial charge in [-0.3, -0.25) is 9.59 Å². The summed E-state index contributed by atoms with van der Waals surface area (Å²) in [6.07, 6.45) is 5.16. The Kier molecular flexibility index (Phi) is 5.21. The second kappa shape index (κ2) is 7.63. The average Bonchev–Trinajstić information content (AvgIpc) is 3.22. The van der Waals surface area contributed by atoms with Crippen LogP contribution in [0.5, 0.6) is 0 Å². The van der Waals surface area contributed by atoms with Crippen molar-refractivity contribution in [2.45, 2.75) is 52.1 Å². The number of fused-ring (bicyclic) bond motifs is 1. The predicted molar refractivity (Wildman–Crippen MR) is 126 cm³/mol. The van der Waals surface area contributed by atoms with Crippen molar-refractivity contribution >= 4 is 28.7 Å². The van der Waals surface area contributed by atoms with Crippen molar-refractivity contribution in [3.63, 3.8) is 0 Å². The van der Waals surface area contributed by atoms with Gasteiger partial charge in [0.15, 0.2) is 0 Å². The van der Waals surface area contributed by atoms with E-state index in [1.807, 2.05) is 36.5 Å². The van der Waals surface area contributed by atoms with Crippen molar-refractivity contribution in [2.75, 3.05) is 10.6 Å². The summed E-state index contributed by atoms with van der Waals surface area (Å²) in [5, 5.41) is 10.8. The summed E-state index contributed by atoms with van der Waals surface area (Å²) >= 11 is 0. The van der Waals surface area contributed by atoms with Gasteiger partial charge in [-0.2, -0.15) is 5.10 Å². The van der Waals surface area contributed by atoms with E-state index in [2.05, 4.69) is 36.5 Å². The number of rotatable bonds is 5. The summed E-state index contributed by atoms with van der Waals surface area (Å²) < 4.78 is 1.73. The Hall–Kier alpha value is -3.39. The lowest BCUT2D eigenvalue weighted by Gasteiger charge is -2.39. The first-order valence-electron chi connectivity index (χ1n) is 10.7. The van der Waals surface area contributed by atoms with Crippen LogP contribution < -0.4 is 22.1 Å². The Labute approximate surface area is 187 Å². The monoisotopic (exact) mass is 434 g/mol. The molecule has 1 fully saturated rings. The minimum absolute atomic E-state index is 0.0724. The van der Waals surface area contributed by atoms with Gasteiger partial charge in [0, 0.05) is 41.4 Å². The Balaban J connectivity index is 1.79. The van der Waals surface area contributed by atoms with E-state index in [0.29, 0.717) is 16.9 Å². The third-order valence-electron chi connectivity index (χ3n) is 7.03. The van der Waals surface area contributed by atoms with Gasteiger partial charge < -0.3 is 22.1 Å². The Morgan fingerprint density at radius 1 is 1.19 bits per heavy atom. The molecule has 8 nitrogen and oxygen atoms in total. The van der Waals surface area contributed by atoms with Crippen LogP contribution in [0.2, 0.25) is 0 Å². The molecule has 2 amide bonds. The topological polar surface area (TPSA) is 128 Å². The van der Waals surface area contributed by atoms with E-state index in [-0.39, 0.29) is 22.9 Å². The number of carbonyl (C=O) groups excluding carboxylic acids is 2. The van der Waals surface area contributed by atoms with Crippen LogP contribution in [0.4, 0.5) is 11.4 Å². The molecule has 2 atom stereocenters. The average molecular weight is 435 g/mol. The molecule has 2 heterocycles. The number of hydrogen-bond acceptors (Lipinski definition) is 5.